The summed E-state index contributed by atoms with van der Waals surface area (Å²) in [4.78, 5) is 23.9. The number of nitrogens with one attached hydrogen (secondary N) is 1. The fourth-order valence-corrected chi connectivity index (χ4v) is 1.75. The van der Waals surface area contributed by atoms with Crippen LogP contribution in [0.25, 0.3) is 0 Å². The summed E-state index contributed by atoms with van der Waals surface area (Å²) >= 11 is 5.46. The number of rotatable bonds is 1. The molecule has 1 atom stereocenters. The Morgan fingerprint density at radius 2 is 1.83 bits per heavy atom. The van der Waals surface area contributed by atoms with E-state index in [-0.39, 0.29) is 25.9 Å². The summed E-state index contributed by atoms with van der Waals surface area (Å²) in [5, 5.41) is 1.18. The number of carbonyl (C=O) groups excluding carboxylic acids is 2. The Morgan fingerprint density at radius 1 is 1.33 bits per heavy atom. The first-order valence-corrected chi connectivity index (χ1v) is 5.96. The van der Waals surface area contributed by atoms with Gasteiger partial charge in [0.25, 0.3) is 0 Å². The maximum atomic E-state index is 12.4. The normalized spacial score (nSPS) is 19.5. The number of alkyl halides is 4. The van der Waals surface area contributed by atoms with Crippen molar-refractivity contribution in [2.24, 2.45) is 5.92 Å². The van der Waals surface area contributed by atoms with Crippen molar-refractivity contribution in [2.45, 2.75) is 31.3 Å². The first-order valence-electron chi connectivity index (χ1n) is 5.52. The van der Waals surface area contributed by atoms with E-state index in [0.29, 0.717) is 0 Å². The molecule has 0 radical (unpaired) electrons. The monoisotopic (exact) mass is 286 g/mol. The van der Waals surface area contributed by atoms with Gasteiger partial charge in [0.1, 0.15) is 5.38 Å². The number of likely N-dealkylation sites (tertiary alicyclic amines) is 1. The number of urea groups is 1. The second kappa shape index (κ2) is 5.77. The van der Waals surface area contributed by atoms with Crippen LogP contribution < -0.4 is 5.32 Å². The Kier molecular flexibility index (Phi) is 4.84. The average Bonchev–Trinajstić information content (AvgIpc) is 2.27. The van der Waals surface area contributed by atoms with Crippen molar-refractivity contribution < 1.29 is 22.8 Å². The molecular formula is C10H14ClF3N2O2. The maximum absolute atomic E-state index is 12.4. The summed E-state index contributed by atoms with van der Waals surface area (Å²) in [6, 6.07) is -0.687. The van der Waals surface area contributed by atoms with Gasteiger partial charge in [-0.15, -0.1) is 11.6 Å². The van der Waals surface area contributed by atoms with Crippen molar-refractivity contribution in [3.05, 3.63) is 0 Å². The van der Waals surface area contributed by atoms with Crippen LogP contribution in [0.15, 0.2) is 0 Å². The average molecular weight is 287 g/mol. The number of carbonyl (C=O) groups is 2. The summed E-state index contributed by atoms with van der Waals surface area (Å²) in [6.07, 6.45) is -4.49. The van der Waals surface area contributed by atoms with Crippen molar-refractivity contribution in [2.75, 3.05) is 13.1 Å². The van der Waals surface area contributed by atoms with Crippen LogP contribution in [0.5, 0.6) is 0 Å². The Bertz CT molecular complexity index is 326. The molecule has 0 aromatic carbocycles. The van der Waals surface area contributed by atoms with Crippen molar-refractivity contribution in [3.63, 3.8) is 0 Å². The van der Waals surface area contributed by atoms with E-state index in [0.717, 1.165) is 0 Å². The number of hydrogen-bond donors (Lipinski definition) is 1. The van der Waals surface area contributed by atoms with Gasteiger partial charge in [0, 0.05) is 13.1 Å². The largest absolute Gasteiger partial charge is 0.391 e. The van der Waals surface area contributed by atoms with Crippen LogP contribution in [0.2, 0.25) is 0 Å². The molecule has 0 aliphatic carbocycles. The molecule has 104 valence electrons. The molecule has 1 heterocycles. The minimum Gasteiger partial charge on any atom is -0.324 e. The van der Waals surface area contributed by atoms with E-state index < -0.39 is 29.4 Å². The highest BCUT2D eigenvalue weighted by atomic mass is 35.5. The second-order valence-electron chi connectivity index (χ2n) is 4.21. The lowest BCUT2D eigenvalue weighted by molar-refractivity contribution is -0.183. The first-order chi connectivity index (χ1) is 8.21. The van der Waals surface area contributed by atoms with Crippen LogP contribution in [0.3, 0.4) is 0 Å². The smallest absolute Gasteiger partial charge is 0.324 e. The summed E-state index contributed by atoms with van der Waals surface area (Å²) in [6.45, 7) is 1.37. The van der Waals surface area contributed by atoms with Crippen molar-refractivity contribution in [1.29, 1.82) is 0 Å². The van der Waals surface area contributed by atoms with E-state index in [1.165, 1.54) is 11.8 Å². The van der Waals surface area contributed by atoms with Crippen molar-refractivity contribution >= 4 is 23.5 Å². The molecule has 0 bridgehead atoms. The molecule has 1 saturated heterocycles. The fraction of sp³-hybridized carbons (Fsp3) is 0.800. The molecule has 3 amide bonds. The number of hydrogen-bond acceptors (Lipinski definition) is 2. The Balaban J connectivity index is 2.43. The van der Waals surface area contributed by atoms with E-state index in [9.17, 15) is 22.8 Å². The van der Waals surface area contributed by atoms with Gasteiger partial charge in [0.05, 0.1) is 5.92 Å². The van der Waals surface area contributed by atoms with Crippen molar-refractivity contribution in [1.82, 2.24) is 10.2 Å². The zero-order valence-electron chi connectivity index (χ0n) is 9.76. The highest BCUT2D eigenvalue weighted by Crippen LogP contribution is 2.33. The van der Waals surface area contributed by atoms with E-state index in [2.05, 4.69) is 0 Å². The zero-order chi connectivity index (χ0) is 13.9. The molecular weight excluding hydrogens is 273 g/mol. The molecule has 1 N–H and O–H groups in total. The highest BCUT2D eigenvalue weighted by molar-refractivity contribution is 6.31. The van der Waals surface area contributed by atoms with Gasteiger partial charge in [-0.05, 0) is 19.8 Å². The Hall–Kier alpha value is -0.980. The van der Waals surface area contributed by atoms with Crippen LogP contribution >= 0.6 is 11.6 Å². The molecule has 1 aliphatic heterocycles. The predicted molar refractivity (Wildman–Crippen MR) is 59.2 cm³/mol. The van der Waals surface area contributed by atoms with E-state index in [1.807, 2.05) is 5.32 Å². The molecule has 0 aromatic rings. The summed E-state index contributed by atoms with van der Waals surface area (Å²) < 4.78 is 37.2. The van der Waals surface area contributed by atoms with Crippen LogP contribution in [0.4, 0.5) is 18.0 Å². The molecule has 1 fully saturated rings. The molecule has 0 spiro atoms. The summed E-state index contributed by atoms with van der Waals surface area (Å²) in [7, 11) is 0. The summed E-state index contributed by atoms with van der Waals surface area (Å²) in [5.41, 5.74) is 0. The lowest BCUT2D eigenvalue weighted by Crippen LogP contribution is -2.49. The zero-order valence-corrected chi connectivity index (χ0v) is 10.5. The van der Waals surface area contributed by atoms with Crippen LogP contribution in [-0.2, 0) is 4.79 Å². The minimum absolute atomic E-state index is 0.0139. The molecule has 18 heavy (non-hydrogen) atoms. The second-order valence-corrected chi connectivity index (χ2v) is 4.87. The van der Waals surface area contributed by atoms with Gasteiger partial charge in [-0.2, -0.15) is 13.2 Å². The molecule has 1 aliphatic rings. The predicted octanol–water partition coefficient (Wildman–Crippen LogP) is 2.12. The van der Waals surface area contributed by atoms with Gasteiger partial charge in [0.15, 0.2) is 0 Å². The van der Waals surface area contributed by atoms with Gasteiger partial charge in [-0.1, -0.05) is 0 Å². The van der Waals surface area contributed by atoms with Crippen LogP contribution in [0.1, 0.15) is 19.8 Å². The third-order valence-corrected chi connectivity index (χ3v) is 3.03. The number of imide groups is 1. The summed E-state index contributed by atoms with van der Waals surface area (Å²) in [5.74, 6) is -2.02. The van der Waals surface area contributed by atoms with Gasteiger partial charge in [0.2, 0.25) is 5.91 Å². The lowest BCUT2D eigenvalue weighted by atomic mass is 9.96. The third-order valence-electron chi connectivity index (χ3n) is 2.84. The standard InChI is InChI=1S/C10H14ClF3N2O2/c1-6(11)8(17)15-9(18)16-4-2-7(3-5-16)10(12,13)14/h6-7H,2-5H2,1H3,(H,15,17,18). The van der Waals surface area contributed by atoms with Gasteiger partial charge in [-0.3, -0.25) is 10.1 Å². The molecule has 0 saturated carbocycles. The fourth-order valence-electron chi connectivity index (χ4n) is 1.69. The minimum atomic E-state index is -4.22. The number of nitrogens with zero attached hydrogens (tertiary/aromatic N) is 1. The Morgan fingerprint density at radius 3 is 2.22 bits per heavy atom. The quantitative estimate of drug-likeness (QED) is 0.751. The molecule has 1 rings (SSSR count). The Labute approximate surface area is 107 Å². The molecule has 0 aromatic heterocycles. The van der Waals surface area contributed by atoms with Gasteiger partial charge < -0.3 is 4.90 Å². The van der Waals surface area contributed by atoms with Crippen LogP contribution in [-0.4, -0.2) is 41.5 Å². The van der Waals surface area contributed by atoms with Gasteiger partial charge >= 0.3 is 12.2 Å². The number of halogens is 4. The highest BCUT2D eigenvalue weighted by Gasteiger charge is 2.41. The molecule has 4 nitrogen and oxygen atoms in total. The van der Waals surface area contributed by atoms with Gasteiger partial charge in [-0.25, -0.2) is 4.79 Å². The number of amides is 3. The molecule has 1 unspecified atom stereocenters. The van der Waals surface area contributed by atoms with E-state index >= 15 is 0 Å². The lowest BCUT2D eigenvalue weighted by Gasteiger charge is -2.32. The SMILES string of the molecule is CC(Cl)C(=O)NC(=O)N1CCC(C(F)(F)F)CC1. The molecule has 8 heteroatoms. The maximum Gasteiger partial charge on any atom is 0.391 e. The van der Waals surface area contributed by atoms with E-state index in [4.69, 9.17) is 11.6 Å². The number of piperidine rings is 1. The van der Waals surface area contributed by atoms with Crippen molar-refractivity contribution in [3.8, 4) is 0 Å². The van der Waals surface area contributed by atoms with E-state index in [1.54, 1.807) is 0 Å². The topological polar surface area (TPSA) is 49.4 Å². The first kappa shape index (κ1) is 15.1. The van der Waals surface area contributed by atoms with Crippen LogP contribution in [0, 0.1) is 5.92 Å². The third kappa shape index (κ3) is 4.04.